The van der Waals surface area contributed by atoms with Crippen LogP contribution < -0.4 is 9.62 Å². The van der Waals surface area contributed by atoms with E-state index in [4.69, 9.17) is 4.52 Å². The number of amides is 1. The Labute approximate surface area is 183 Å². The third-order valence-electron chi connectivity index (χ3n) is 4.94. The highest BCUT2D eigenvalue weighted by Crippen LogP contribution is 2.29. The van der Waals surface area contributed by atoms with Crippen molar-refractivity contribution in [3.05, 3.63) is 70.6 Å². The summed E-state index contributed by atoms with van der Waals surface area (Å²) in [6.45, 7) is 8.54. The Hall–Kier alpha value is -3.13. The van der Waals surface area contributed by atoms with E-state index in [0.717, 1.165) is 27.4 Å². The third kappa shape index (κ3) is 4.96. The number of nitrogens with one attached hydrogen (secondary N) is 1. The van der Waals surface area contributed by atoms with Crippen molar-refractivity contribution in [3.8, 4) is 0 Å². The highest BCUT2D eigenvalue weighted by molar-refractivity contribution is 7.93. The van der Waals surface area contributed by atoms with Gasteiger partial charge in [-0.3, -0.25) is 9.10 Å². The second kappa shape index (κ2) is 8.93. The van der Waals surface area contributed by atoms with E-state index in [2.05, 4.69) is 17.4 Å². The average Bonchev–Trinajstić information content (AvgIpc) is 3.04. The van der Waals surface area contributed by atoms with Gasteiger partial charge in [-0.05, 0) is 75.1 Å². The maximum atomic E-state index is 13.6. The summed E-state index contributed by atoms with van der Waals surface area (Å²) in [7, 11) is -4.09. The molecule has 0 unspecified atom stereocenters. The maximum Gasteiger partial charge on any atom is 0.270 e. The normalized spacial score (nSPS) is 11.4. The van der Waals surface area contributed by atoms with Crippen LogP contribution in [0.1, 0.15) is 35.1 Å². The molecule has 0 aliphatic carbocycles. The minimum absolute atomic E-state index is 0.0215. The Kier molecular flexibility index (Phi) is 6.50. The van der Waals surface area contributed by atoms with Gasteiger partial charge >= 0.3 is 0 Å². The van der Waals surface area contributed by atoms with Gasteiger partial charge in [0.1, 0.15) is 12.2 Å². The van der Waals surface area contributed by atoms with Crippen molar-refractivity contribution < 1.29 is 17.7 Å². The van der Waals surface area contributed by atoms with Crippen LogP contribution in [0.25, 0.3) is 0 Å². The molecule has 164 valence electrons. The zero-order chi connectivity index (χ0) is 22.8. The van der Waals surface area contributed by atoms with E-state index in [1.165, 1.54) is 0 Å². The van der Waals surface area contributed by atoms with E-state index < -0.39 is 15.9 Å². The summed E-state index contributed by atoms with van der Waals surface area (Å²) in [5.74, 6) is -0.263. The summed E-state index contributed by atoms with van der Waals surface area (Å²) in [5, 5.41) is 6.56. The number of rotatable bonds is 7. The molecule has 0 aliphatic heterocycles. The van der Waals surface area contributed by atoms with Crippen LogP contribution in [0.3, 0.4) is 0 Å². The Bertz CT molecular complexity index is 1160. The number of anilines is 2. The first kappa shape index (κ1) is 22.6. The molecule has 0 bridgehead atoms. The highest BCUT2D eigenvalue weighted by atomic mass is 32.2. The number of carbonyl (C=O) groups is 1. The number of nitrogens with zero attached hydrogens (tertiary/aromatic N) is 2. The number of aryl methyl sites for hydroxylation is 5. The fraction of sp³-hybridized carbons (Fsp3) is 0.304. The smallest absolute Gasteiger partial charge is 0.270 e. The van der Waals surface area contributed by atoms with Gasteiger partial charge in [0.15, 0.2) is 10.7 Å². The van der Waals surface area contributed by atoms with Crippen LogP contribution >= 0.6 is 0 Å². The van der Waals surface area contributed by atoms with E-state index in [1.54, 1.807) is 38.1 Å². The van der Waals surface area contributed by atoms with Gasteiger partial charge in [-0.25, -0.2) is 8.42 Å². The lowest BCUT2D eigenvalue weighted by molar-refractivity contribution is -0.114. The quantitative estimate of drug-likeness (QED) is 0.590. The zero-order valence-electron chi connectivity index (χ0n) is 18.4. The second-order valence-electron chi connectivity index (χ2n) is 7.61. The Balaban J connectivity index is 1.98. The summed E-state index contributed by atoms with van der Waals surface area (Å²) in [4.78, 5) is 12.8. The molecule has 0 atom stereocenters. The summed E-state index contributed by atoms with van der Waals surface area (Å²) >= 11 is 0. The van der Waals surface area contributed by atoms with Gasteiger partial charge in [0.05, 0.1) is 5.69 Å². The molecule has 1 aromatic heterocycles. The van der Waals surface area contributed by atoms with Gasteiger partial charge in [-0.15, -0.1) is 0 Å². The Morgan fingerprint density at radius 3 is 2.16 bits per heavy atom. The van der Waals surface area contributed by atoms with Crippen LogP contribution in [0.5, 0.6) is 0 Å². The van der Waals surface area contributed by atoms with Crippen molar-refractivity contribution in [2.45, 2.75) is 45.9 Å². The summed E-state index contributed by atoms with van der Waals surface area (Å²) in [6, 6.07) is 12.9. The lowest BCUT2D eigenvalue weighted by Crippen LogP contribution is -2.38. The van der Waals surface area contributed by atoms with Crippen LogP contribution in [0, 0.1) is 27.7 Å². The molecular weight excluding hydrogens is 414 g/mol. The van der Waals surface area contributed by atoms with Gasteiger partial charge in [0.2, 0.25) is 5.91 Å². The van der Waals surface area contributed by atoms with Crippen molar-refractivity contribution in [1.29, 1.82) is 0 Å². The number of carbonyl (C=O) groups excluding carboxylic acids is 1. The van der Waals surface area contributed by atoms with Crippen LogP contribution in [0.15, 0.2) is 51.9 Å². The zero-order valence-corrected chi connectivity index (χ0v) is 19.2. The Morgan fingerprint density at radius 2 is 1.65 bits per heavy atom. The molecule has 0 fully saturated rings. The molecule has 0 spiro atoms. The number of hydrogen-bond acceptors (Lipinski definition) is 5. The molecule has 0 saturated carbocycles. The minimum Gasteiger partial charge on any atom is -0.360 e. The predicted octanol–water partition coefficient (Wildman–Crippen LogP) is 4.30. The summed E-state index contributed by atoms with van der Waals surface area (Å²) < 4.78 is 33.3. The number of sulfonamides is 1. The monoisotopic (exact) mass is 441 g/mol. The van der Waals surface area contributed by atoms with E-state index in [1.807, 2.05) is 32.0 Å². The molecule has 2 aromatic carbocycles. The largest absolute Gasteiger partial charge is 0.360 e. The minimum atomic E-state index is -4.09. The van der Waals surface area contributed by atoms with E-state index >= 15 is 0 Å². The van der Waals surface area contributed by atoms with Gasteiger partial charge in [-0.2, -0.15) is 0 Å². The molecule has 1 heterocycles. The topological polar surface area (TPSA) is 92.5 Å². The number of benzene rings is 2. The fourth-order valence-corrected chi connectivity index (χ4v) is 5.22. The van der Waals surface area contributed by atoms with Crippen LogP contribution in [0.4, 0.5) is 11.4 Å². The maximum absolute atomic E-state index is 13.6. The SMILES string of the molecule is CCc1ccc(NC(=O)CN(c2cc(C)cc(C)c2)S(=O)(=O)c2c(C)noc2C)cc1. The summed E-state index contributed by atoms with van der Waals surface area (Å²) in [6.07, 6.45) is 0.893. The van der Waals surface area contributed by atoms with Gasteiger partial charge in [-0.1, -0.05) is 30.3 Å². The molecular formula is C23H27N3O4S. The molecule has 31 heavy (non-hydrogen) atoms. The van der Waals surface area contributed by atoms with Crippen molar-refractivity contribution in [2.24, 2.45) is 0 Å². The molecule has 0 aliphatic rings. The van der Waals surface area contributed by atoms with Crippen molar-refractivity contribution in [2.75, 3.05) is 16.2 Å². The molecule has 8 heteroatoms. The first-order valence-corrected chi connectivity index (χ1v) is 11.5. The summed E-state index contributed by atoms with van der Waals surface area (Å²) in [5.41, 5.74) is 4.21. The van der Waals surface area contributed by atoms with Crippen molar-refractivity contribution in [1.82, 2.24) is 5.16 Å². The van der Waals surface area contributed by atoms with Crippen LogP contribution in [0.2, 0.25) is 0 Å². The van der Waals surface area contributed by atoms with Crippen molar-refractivity contribution in [3.63, 3.8) is 0 Å². The third-order valence-corrected chi connectivity index (χ3v) is 6.96. The molecule has 7 nitrogen and oxygen atoms in total. The molecule has 1 N–H and O–H groups in total. The van der Waals surface area contributed by atoms with Crippen LogP contribution in [-0.2, 0) is 21.2 Å². The molecule has 3 aromatic rings. The number of hydrogen-bond donors (Lipinski definition) is 1. The lowest BCUT2D eigenvalue weighted by atomic mass is 10.1. The first-order valence-electron chi connectivity index (χ1n) is 10.0. The van der Waals surface area contributed by atoms with Crippen LogP contribution in [-0.4, -0.2) is 26.0 Å². The molecule has 1 amide bonds. The number of aromatic nitrogens is 1. The van der Waals surface area contributed by atoms with Gasteiger partial charge in [0, 0.05) is 5.69 Å². The molecule has 3 rings (SSSR count). The molecule has 0 radical (unpaired) electrons. The van der Waals surface area contributed by atoms with Crippen molar-refractivity contribution >= 4 is 27.3 Å². The fourth-order valence-electron chi connectivity index (χ4n) is 3.52. The average molecular weight is 442 g/mol. The van der Waals surface area contributed by atoms with E-state index in [0.29, 0.717) is 11.4 Å². The van der Waals surface area contributed by atoms with Gasteiger partial charge in [0.25, 0.3) is 10.0 Å². The second-order valence-corrected chi connectivity index (χ2v) is 9.41. The standard InChI is InChI=1S/C23H27N3O4S/c1-6-19-7-9-20(10-8-19)24-22(27)14-26(21-12-15(2)11-16(3)13-21)31(28,29)23-17(4)25-30-18(23)5/h7-13H,6,14H2,1-5H3,(H,24,27). The van der Waals surface area contributed by atoms with Gasteiger partial charge < -0.3 is 9.84 Å². The first-order chi connectivity index (χ1) is 14.6. The Morgan fingerprint density at radius 1 is 1.03 bits per heavy atom. The predicted molar refractivity (Wildman–Crippen MR) is 121 cm³/mol. The van der Waals surface area contributed by atoms with E-state index in [-0.39, 0.29) is 22.9 Å². The highest BCUT2D eigenvalue weighted by Gasteiger charge is 2.33. The molecule has 0 saturated heterocycles. The van der Waals surface area contributed by atoms with E-state index in [9.17, 15) is 13.2 Å². The lowest BCUT2D eigenvalue weighted by Gasteiger charge is -2.24.